The average molecular weight is 324 g/mol. The molecular weight excluding hydrogens is 292 g/mol. The lowest BCUT2D eigenvalue weighted by molar-refractivity contribution is -0.807. The number of aliphatic carboxylic acids is 1. The van der Waals surface area contributed by atoms with Crippen LogP contribution in [0.1, 0.15) is 84.0 Å². The van der Waals surface area contributed by atoms with Crippen LogP contribution in [0.25, 0.3) is 0 Å². The van der Waals surface area contributed by atoms with E-state index in [-0.39, 0.29) is 6.42 Å². The number of carboxylic acid groups (broad SMARTS) is 1. The number of nitrogens with zero attached hydrogens (tertiary/aromatic N) is 1. The van der Waals surface area contributed by atoms with Crippen LogP contribution < -0.4 is 9.67 Å². The molecule has 132 valence electrons. The first-order valence-corrected chi connectivity index (χ1v) is 9.05. The smallest absolute Gasteiger partial charge is 0.243 e. The Morgan fingerprint density at radius 3 is 2.13 bits per heavy atom. The number of aromatic nitrogens is 2. The number of rotatable bonds is 14. The van der Waals surface area contributed by atoms with E-state index in [1.54, 1.807) is 18.7 Å². The monoisotopic (exact) mass is 324 g/mol. The summed E-state index contributed by atoms with van der Waals surface area (Å²) in [6.07, 6.45) is 17.1. The topological polar surface area (TPSA) is 80.0 Å². The number of unbranched alkanes of at least 4 members (excludes halogenated alkanes) is 9. The number of imidazole rings is 1. The van der Waals surface area contributed by atoms with Crippen molar-refractivity contribution >= 4 is 5.97 Å². The number of carbonyl (C=O) groups excluding carboxylic acids is 1. The lowest BCUT2D eigenvalue weighted by Gasteiger charge is -2.25. The Kier molecular flexibility index (Phi) is 9.60. The molecule has 5 nitrogen and oxygen atoms in total. The number of aliphatic hydroxyl groups is 1. The highest BCUT2D eigenvalue weighted by Crippen LogP contribution is 2.20. The molecule has 23 heavy (non-hydrogen) atoms. The van der Waals surface area contributed by atoms with Crippen molar-refractivity contribution in [3.8, 4) is 0 Å². The summed E-state index contributed by atoms with van der Waals surface area (Å²) in [5, 5.41) is 21.5. The van der Waals surface area contributed by atoms with E-state index in [2.05, 4.69) is 11.9 Å². The van der Waals surface area contributed by atoms with Gasteiger partial charge in [0.2, 0.25) is 12.1 Å². The Hall–Kier alpha value is -1.36. The van der Waals surface area contributed by atoms with Crippen LogP contribution in [0.2, 0.25) is 0 Å². The van der Waals surface area contributed by atoms with Gasteiger partial charge >= 0.3 is 0 Å². The molecule has 0 radical (unpaired) electrons. The molecule has 0 aliphatic heterocycles. The maximum atomic E-state index is 10.9. The molecule has 0 amide bonds. The molecule has 1 aromatic heterocycles. The second kappa shape index (κ2) is 11.2. The van der Waals surface area contributed by atoms with Crippen LogP contribution in [0.4, 0.5) is 0 Å². The van der Waals surface area contributed by atoms with Crippen LogP contribution in [0, 0.1) is 0 Å². The molecule has 0 fully saturated rings. The molecule has 1 unspecified atom stereocenters. The van der Waals surface area contributed by atoms with Crippen molar-refractivity contribution in [2.45, 2.75) is 89.7 Å². The first kappa shape index (κ1) is 19.7. The highest BCUT2D eigenvalue weighted by molar-refractivity contribution is 5.64. The number of aromatic amines is 1. The van der Waals surface area contributed by atoms with Crippen molar-refractivity contribution in [2.24, 2.45) is 0 Å². The lowest BCUT2D eigenvalue weighted by atomic mass is 9.99. The fraction of sp³-hybridized carbons (Fsp3) is 0.778. The minimum absolute atomic E-state index is 0.382. The molecule has 0 spiro atoms. The van der Waals surface area contributed by atoms with E-state index >= 15 is 0 Å². The molecular formula is C18H32N2O3. The van der Waals surface area contributed by atoms with Gasteiger partial charge in [-0.3, -0.25) is 4.98 Å². The van der Waals surface area contributed by atoms with E-state index in [0.717, 1.165) is 19.3 Å². The summed E-state index contributed by atoms with van der Waals surface area (Å²) >= 11 is 0. The van der Waals surface area contributed by atoms with E-state index in [1.807, 2.05) is 0 Å². The van der Waals surface area contributed by atoms with E-state index in [1.165, 1.54) is 49.5 Å². The molecule has 0 aliphatic rings. The maximum absolute atomic E-state index is 10.9. The zero-order chi connectivity index (χ0) is 17.0. The van der Waals surface area contributed by atoms with Crippen LogP contribution in [-0.2, 0) is 10.5 Å². The highest BCUT2D eigenvalue weighted by Gasteiger charge is 2.33. The van der Waals surface area contributed by atoms with Crippen LogP contribution in [0.5, 0.6) is 0 Å². The van der Waals surface area contributed by atoms with Gasteiger partial charge in [0.05, 0.1) is 6.42 Å². The minimum Gasteiger partial charge on any atom is -0.550 e. The fourth-order valence-electron chi connectivity index (χ4n) is 2.98. The SMILES string of the molecule is CCCCCCCCCCCCC(O)(CC(=O)[O-])[n+]1cc[nH]c1. The largest absolute Gasteiger partial charge is 0.550 e. The van der Waals surface area contributed by atoms with E-state index in [4.69, 9.17) is 0 Å². The van der Waals surface area contributed by atoms with Crippen LogP contribution >= 0.6 is 0 Å². The van der Waals surface area contributed by atoms with Gasteiger partial charge in [-0.05, 0) is 6.42 Å². The third-order valence-electron chi connectivity index (χ3n) is 4.38. The Morgan fingerprint density at radius 2 is 1.65 bits per heavy atom. The summed E-state index contributed by atoms with van der Waals surface area (Å²) in [6, 6.07) is 0. The predicted molar refractivity (Wildman–Crippen MR) is 87.3 cm³/mol. The first-order chi connectivity index (χ1) is 11.1. The van der Waals surface area contributed by atoms with Gasteiger partial charge in [-0.1, -0.05) is 64.7 Å². The summed E-state index contributed by atoms with van der Waals surface area (Å²) in [4.78, 5) is 13.7. The fourth-order valence-corrected chi connectivity index (χ4v) is 2.98. The van der Waals surface area contributed by atoms with E-state index < -0.39 is 11.7 Å². The molecule has 1 rings (SSSR count). The van der Waals surface area contributed by atoms with Crippen LogP contribution in [-0.4, -0.2) is 16.1 Å². The van der Waals surface area contributed by atoms with Gasteiger partial charge in [0.15, 0.2) is 0 Å². The molecule has 1 aromatic rings. The summed E-state index contributed by atoms with van der Waals surface area (Å²) in [7, 11) is 0. The molecule has 1 heterocycles. The molecule has 0 bridgehead atoms. The molecule has 0 saturated heterocycles. The first-order valence-electron chi connectivity index (χ1n) is 9.05. The van der Waals surface area contributed by atoms with Gasteiger partial charge in [-0.15, -0.1) is 0 Å². The Morgan fingerprint density at radius 1 is 1.09 bits per heavy atom. The second-order valence-electron chi connectivity index (χ2n) is 6.48. The van der Waals surface area contributed by atoms with Gasteiger partial charge in [0.1, 0.15) is 12.4 Å². The molecule has 0 aliphatic carbocycles. The van der Waals surface area contributed by atoms with E-state index in [9.17, 15) is 15.0 Å². The van der Waals surface area contributed by atoms with Crippen molar-refractivity contribution in [1.29, 1.82) is 0 Å². The molecule has 0 saturated carbocycles. The normalized spacial score (nSPS) is 13.8. The lowest BCUT2D eigenvalue weighted by Crippen LogP contribution is -2.57. The van der Waals surface area contributed by atoms with Gasteiger partial charge in [0.25, 0.3) is 0 Å². The van der Waals surface area contributed by atoms with Crippen molar-refractivity contribution in [1.82, 2.24) is 4.98 Å². The van der Waals surface area contributed by atoms with Gasteiger partial charge in [0, 0.05) is 12.4 Å². The van der Waals surface area contributed by atoms with Crippen molar-refractivity contribution < 1.29 is 19.6 Å². The number of nitrogens with one attached hydrogen (secondary N) is 1. The third-order valence-corrected chi connectivity index (χ3v) is 4.38. The Bertz CT molecular complexity index is 420. The quantitative estimate of drug-likeness (QED) is 0.407. The molecule has 5 heteroatoms. The number of hydrogen-bond acceptors (Lipinski definition) is 3. The number of carbonyl (C=O) groups is 1. The van der Waals surface area contributed by atoms with Crippen LogP contribution in [0.3, 0.4) is 0 Å². The summed E-state index contributed by atoms with van der Waals surface area (Å²) in [5.41, 5.74) is -1.39. The average Bonchev–Trinajstić information content (AvgIpc) is 3.03. The zero-order valence-electron chi connectivity index (χ0n) is 14.4. The van der Waals surface area contributed by atoms with E-state index in [0.29, 0.717) is 6.42 Å². The molecule has 2 N–H and O–H groups in total. The van der Waals surface area contributed by atoms with Crippen molar-refractivity contribution in [2.75, 3.05) is 0 Å². The Labute approximate surface area is 139 Å². The number of H-pyrrole nitrogens is 1. The van der Waals surface area contributed by atoms with Gasteiger partial charge in [-0.25, -0.2) is 4.57 Å². The minimum atomic E-state index is -1.39. The predicted octanol–water partition coefficient (Wildman–Crippen LogP) is 2.40. The third kappa shape index (κ3) is 8.16. The summed E-state index contributed by atoms with van der Waals surface area (Å²) < 4.78 is 1.52. The zero-order valence-corrected chi connectivity index (χ0v) is 14.4. The Balaban J connectivity index is 2.17. The van der Waals surface area contributed by atoms with Crippen molar-refractivity contribution in [3.63, 3.8) is 0 Å². The van der Waals surface area contributed by atoms with Gasteiger partial charge < -0.3 is 15.0 Å². The summed E-state index contributed by atoms with van der Waals surface area (Å²) in [6.45, 7) is 2.23. The second-order valence-corrected chi connectivity index (χ2v) is 6.48. The van der Waals surface area contributed by atoms with Crippen molar-refractivity contribution in [3.05, 3.63) is 18.7 Å². The highest BCUT2D eigenvalue weighted by atomic mass is 16.4. The van der Waals surface area contributed by atoms with Crippen LogP contribution in [0.15, 0.2) is 18.7 Å². The number of carboxylic acids is 1. The summed E-state index contributed by atoms with van der Waals surface area (Å²) in [5.74, 6) is -1.23. The molecule has 1 atom stereocenters. The maximum Gasteiger partial charge on any atom is 0.243 e. The standard InChI is InChI=1S/C18H32N2O3/c1-2-3-4-5-6-7-8-9-10-11-12-18(23,15-17(21)22)20-14-13-19-16-20/h13-14,16,23H,2-12,15H2,1H3,(H,21,22). The molecule has 0 aromatic carbocycles. The number of hydrogen-bond donors (Lipinski definition) is 2. The van der Waals surface area contributed by atoms with Gasteiger partial charge in [-0.2, -0.15) is 0 Å².